The number of benzene rings is 2. The number of aryl methyl sites for hydroxylation is 2. The summed E-state index contributed by atoms with van der Waals surface area (Å²) in [4.78, 5) is 23.1. The second kappa shape index (κ2) is 9.90. The van der Waals surface area contributed by atoms with Gasteiger partial charge in [0, 0.05) is 23.6 Å². The number of nitrogens with one attached hydrogen (secondary N) is 1. The fraction of sp³-hybridized carbons (Fsp3) is 0.182. The van der Waals surface area contributed by atoms with E-state index in [9.17, 15) is 14.7 Å². The van der Waals surface area contributed by atoms with Gasteiger partial charge in [0.25, 0.3) is 5.56 Å². The summed E-state index contributed by atoms with van der Waals surface area (Å²) in [6.45, 7) is 1.90. The van der Waals surface area contributed by atoms with Gasteiger partial charge in [0.15, 0.2) is 5.69 Å². The van der Waals surface area contributed by atoms with Gasteiger partial charge >= 0.3 is 5.97 Å². The molecule has 0 bridgehead atoms. The highest BCUT2D eigenvalue weighted by molar-refractivity contribution is 6.32. The van der Waals surface area contributed by atoms with Gasteiger partial charge in [-0.05, 0) is 31.0 Å². The number of aromatic amines is 1. The molecule has 1 aromatic heterocycles. The number of nitrogens with zero attached hydrogens (tertiary/aromatic N) is 3. The highest BCUT2D eigenvalue weighted by Crippen LogP contribution is 2.33. The van der Waals surface area contributed by atoms with E-state index in [1.54, 1.807) is 43.3 Å². The fourth-order valence-electron chi connectivity index (χ4n) is 2.92. The van der Waals surface area contributed by atoms with E-state index in [0.29, 0.717) is 22.7 Å². The number of hydrogen-bond donors (Lipinski definition) is 3. The van der Waals surface area contributed by atoms with E-state index in [2.05, 4.69) is 15.3 Å². The van der Waals surface area contributed by atoms with Crippen molar-refractivity contribution in [1.82, 2.24) is 9.78 Å². The van der Waals surface area contributed by atoms with Gasteiger partial charge in [-0.15, -0.1) is 10.2 Å². The summed E-state index contributed by atoms with van der Waals surface area (Å²) in [5.41, 5.74) is 1.74. The monoisotopic (exact) mass is 440 g/mol. The SMILES string of the molecule is Cc1[nH]n(CCCC(=O)O)c(=O)c1N=Nc1cccc(/C=C/c2ccccc2Cl)c1O. The Balaban J connectivity index is 1.81. The third-order valence-corrected chi connectivity index (χ3v) is 4.87. The molecule has 0 saturated heterocycles. The maximum Gasteiger partial charge on any atom is 0.303 e. The van der Waals surface area contributed by atoms with Crippen molar-refractivity contribution in [1.29, 1.82) is 0 Å². The molecule has 0 fully saturated rings. The zero-order chi connectivity index (χ0) is 22.4. The quantitative estimate of drug-likeness (QED) is 0.325. The lowest BCUT2D eigenvalue weighted by Crippen LogP contribution is -2.17. The Morgan fingerprint density at radius 2 is 1.84 bits per heavy atom. The number of aliphatic carboxylic acids is 1. The number of carbonyl (C=O) groups is 1. The Kier molecular flexibility index (Phi) is 7.04. The van der Waals surface area contributed by atoms with Crippen molar-refractivity contribution in [2.75, 3.05) is 0 Å². The van der Waals surface area contributed by atoms with E-state index >= 15 is 0 Å². The molecule has 2 aromatic carbocycles. The van der Waals surface area contributed by atoms with Crippen LogP contribution in [0.1, 0.15) is 29.7 Å². The first kappa shape index (κ1) is 22.0. The van der Waals surface area contributed by atoms with E-state index in [0.717, 1.165) is 5.56 Å². The average Bonchev–Trinajstić information content (AvgIpc) is 3.00. The van der Waals surface area contributed by atoms with Crippen LogP contribution in [0.15, 0.2) is 57.5 Å². The minimum atomic E-state index is -0.921. The van der Waals surface area contributed by atoms with Crippen molar-refractivity contribution >= 4 is 41.1 Å². The van der Waals surface area contributed by atoms with Gasteiger partial charge in [0.05, 0.1) is 5.69 Å². The number of halogens is 1. The third-order valence-electron chi connectivity index (χ3n) is 4.53. The Bertz CT molecular complexity index is 1210. The number of H-pyrrole nitrogens is 1. The molecule has 0 aliphatic carbocycles. The maximum atomic E-state index is 12.5. The molecule has 0 spiro atoms. The standard InChI is InChI=1S/C22H21ClN4O4/c1-14-20(22(31)27(26-14)13-5-10-19(28)29)25-24-18-9-4-7-16(21(18)30)12-11-15-6-2-3-8-17(15)23/h2-4,6-9,11-12,26,30H,5,10,13H2,1H3,(H,28,29)/b12-11+,25-24?. The van der Waals surface area contributed by atoms with Crippen LogP contribution in [0.2, 0.25) is 5.02 Å². The number of carboxylic acid groups (broad SMARTS) is 1. The van der Waals surface area contributed by atoms with E-state index in [-0.39, 0.29) is 30.1 Å². The number of phenolic OH excluding ortho intramolecular Hbond substituents is 1. The summed E-state index contributed by atoms with van der Waals surface area (Å²) in [5.74, 6) is -1.00. The molecular formula is C22H21ClN4O4. The number of aromatic hydroxyl groups is 1. The van der Waals surface area contributed by atoms with Crippen LogP contribution < -0.4 is 5.56 Å². The molecule has 31 heavy (non-hydrogen) atoms. The van der Waals surface area contributed by atoms with E-state index < -0.39 is 11.5 Å². The lowest BCUT2D eigenvalue weighted by Gasteiger charge is -2.02. The number of hydrogen-bond acceptors (Lipinski definition) is 5. The van der Waals surface area contributed by atoms with Crippen LogP contribution in [-0.4, -0.2) is 26.0 Å². The predicted molar refractivity (Wildman–Crippen MR) is 119 cm³/mol. The van der Waals surface area contributed by atoms with Gasteiger partial charge < -0.3 is 10.2 Å². The molecule has 3 N–H and O–H groups in total. The van der Waals surface area contributed by atoms with Crippen LogP contribution in [0.25, 0.3) is 12.2 Å². The molecule has 3 rings (SSSR count). The number of aromatic nitrogens is 2. The molecule has 0 aliphatic rings. The average molecular weight is 441 g/mol. The highest BCUT2D eigenvalue weighted by Gasteiger charge is 2.12. The van der Waals surface area contributed by atoms with Crippen LogP contribution in [-0.2, 0) is 11.3 Å². The maximum absolute atomic E-state index is 12.5. The van der Waals surface area contributed by atoms with Crippen LogP contribution in [0, 0.1) is 6.92 Å². The lowest BCUT2D eigenvalue weighted by atomic mass is 10.1. The fourth-order valence-corrected chi connectivity index (χ4v) is 3.11. The number of para-hydroxylation sites is 1. The highest BCUT2D eigenvalue weighted by atomic mass is 35.5. The first-order valence-electron chi connectivity index (χ1n) is 9.54. The smallest absolute Gasteiger partial charge is 0.303 e. The number of azo groups is 1. The van der Waals surface area contributed by atoms with Crippen LogP contribution in [0.4, 0.5) is 11.4 Å². The normalized spacial score (nSPS) is 11.5. The molecule has 1 heterocycles. The molecule has 3 aromatic rings. The zero-order valence-electron chi connectivity index (χ0n) is 16.7. The molecule has 0 atom stereocenters. The summed E-state index contributed by atoms with van der Waals surface area (Å²) in [7, 11) is 0. The lowest BCUT2D eigenvalue weighted by molar-refractivity contribution is -0.137. The Hall–Kier alpha value is -3.65. The van der Waals surface area contributed by atoms with E-state index in [1.807, 2.05) is 18.2 Å². The van der Waals surface area contributed by atoms with Gasteiger partial charge in [-0.1, -0.05) is 54.1 Å². The van der Waals surface area contributed by atoms with E-state index in [4.69, 9.17) is 16.7 Å². The second-order valence-corrected chi connectivity index (χ2v) is 7.22. The molecule has 0 unspecified atom stereocenters. The number of rotatable bonds is 8. The topological polar surface area (TPSA) is 120 Å². The molecule has 9 heteroatoms. The summed E-state index contributed by atoms with van der Waals surface area (Å²) in [5, 5.41) is 30.8. The number of phenols is 1. The number of carboxylic acids is 1. The van der Waals surface area contributed by atoms with Gasteiger partial charge in [0.2, 0.25) is 0 Å². The van der Waals surface area contributed by atoms with Gasteiger partial charge in [0.1, 0.15) is 11.4 Å². The van der Waals surface area contributed by atoms with Crippen molar-refractivity contribution in [2.45, 2.75) is 26.3 Å². The van der Waals surface area contributed by atoms with Gasteiger partial charge in [-0.25, -0.2) is 0 Å². The minimum Gasteiger partial charge on any atom is -0.505 e. The molecule has 0 aliphatic heterocycles. The van der Waals surface area contributed by atoms with Crippen molar-refractivity contribution < 1.29 is 15.0 Å². The molecule has 0 amide bonds. The van der Waals surface area contributed by atoms with E-state index in [1.165, 1.54) is 4.68 Å². The third kappa shape index (κ3) is 5.49. The summed E-state index contributed by atoms with van der Waals surface area (Å²) in [6, 6.07) is 12.4. The molecule has 0 saturated carbocycles. The largest absolute Gasteiger partial charge is 0.505 e. The van der Waals surface area contributed by atoms with Crippen molar-refractivity contribution in [3.05, 3.63) is 74.7 Å². The minimum absolute atomic E-state index is 0.0380. The Labute approximate surface area is 183 Å². The molecule has 0 radical (unpaired) electrons. The molecular weight excluding hydrogens is 420 g/mol. The first-order chi connectivity index (χ1) is 14.9. The van der Waals surface area contributed by atoms with Crippen molar-refractivity contribution in [2.24, 2.45) is 10.2 Å². The molecule has 8 nitrogen and oxygen atoms in total. The summed E-state index contributed by atoms with van der Waals surface area (Å²) < 4.78 is 1.30. The van der Waals surface area contributed by atoms with Crippen molar-refractivity contribution in [3.63, 3.8) is 0 Å². The predicted octanol–water partition coefficient (Wildman–Crippen LogP) is 5.29. The van der Waals surface area contributed by atoms with Crippen LogP contribution in [0.5, 0.6) is 5.75 Å². The summed E-state index contributed by atoms with van der Waals surface area (Å²) >= 11 is 6.15. The van der Waals surface area contributed by atoms with Gasteiger partial charge in [-0.2, -0.15) is 0 Å². The first-order valence-corrected chi connectivity index (χ1v) is 9.92. The Morgan fingerprint density at radius 3 is 2.58 bits per heavy atom. The van der Waals surface area contributed by atoms with Crippen LogP contribution >= 0.6 is 11.6 Å². The van der Waals surface area contributed by atoms with Crippen molar-refractivity contribution in [3.8, 4) is 5.75 Å². The Morgan fingerprint density at radius 1 is 1.13 bits per heavy atom. The summed E-state index contributed by atoms with van der Waals surface area (Å²) in [6.07, 6.45) is 3.77. The zero-order valence-corrected chi connectivity index (χ0v) is 17.5. The van der Waals surface area contributed by atoms with Crippen LogP contribution in [0.3, 0.4) is 0 Å². The second-order valence-electron chi connectivity index (χ2n) is 6.81. The molecule has 160 valence electrons. The van der Waals surface area contributed by atoms with Gasteiger partial charge in [-0.3, -0.25) is 19.4 Å².